The van der Waals surface area contributed by atoms with Crippen molar-refractivity contribution in [2.45, 2.75) is 12.8 Å². The fourth-order valence-corrected chi connectivity index (χ4v) is 3.47. The number of thiocarbonyl (C=S) groups is 1. The Morgan fingerprint density at radius 2 is 2.04 bits per heavy atom. The van der Waals surface area contributed by atoms with Crippen LogP contribution < -0.4 is 15.5 Å². The third-order valence-corrected chi connectivity index (χ3v) is 4.70. The Balaban J connectivity index is 1.40. The third kappa shape index (κ3) is 4.45. The van der Waals surface area contributed by atoms with Crippen molar-refractivity contribution < 1.29 is 0 Å². The highest BCUT2D eigenvalue weighted by atomic mass is 79.9. The fraction of sp³-hybridized carbons (Fsp3) is 0.278. The number of benzene rings is 2. The minimum Gasteiger partial charge on any atom is -0.371 e. The summed E-state index contributed by atoms with van der Waals surface area (Å²) in [5.41, 5.74) is 3.85. The zero-order valence-corrected chi connectivity index (χ0v) is 15.3. The minimum absolute atomic E-state index is 0.671. The highest BCUT2D eigenvalue weighted by molar-refractivity contribution is 9.10. The van der Waals surface area contributed by atoms with Gasteiger partial charge in [-0.25, -0.2) is 0 Å². The highest BCUT2D eigenvalue weighted by Gasteiger charge is 2.17. The molecule has 23 heavy (non-hydrogen) atoms. The number of nitrogens with one attached hydrogen (secondary N) is 2. The van der Waals surface area contributed by atoms with E-state index in [2.05, 4.69) is 55.7 Å². The molecule has 2 N–H and O–H groups in total. The molecule has 5 heteroatoms. The smallest absolute Gasteiger partial charge is 0.170 e. The van der Waals surface area contributed by atoms with E-state index in [0.717, 1.165) is 42.6 Å². The summed E-state index contributed by atoms with van der Waals surface area (Å²) >= 11 is 8.80. The largest absolute Gasteiger partial charge is 0.371 e. The van der Waals surface area contributed by atoms with Crippen LogP contribution >= 0.6 is 28.1 Å². The van der Waals surface area contributed by atoms with E-state index in [1.54, 1.807) is 0 Å². The second-order valence-corrected chi connectivity index (χ2v) is 6.93. The summed E-state index contributed by atoms with van der Waals surface area (Å²) in [7, 11) is 0. The van der Waals surface area contributed by atoms with Crippen molar-refractivity contribution in [1.29, 1.82) is 0 Å². The highest BCUT2D eigenvalue weighted by Crippen LogP contribution is 2.27. The summed E-state index contributed by atoms with van der Waals surface area (Å²) in [6, 6.07) is 16.7. The summed E-state index contributed by atoms with van der Waals surface area (Å²) in [6.45, 7) is 3.06. The topological polar surface area (TPSA) is 27.3 Å². The van der Waals surface area contributed by atoms with Crippen molar-refractivity contribution in [1.82, 2.24) is 5.32 Å². The van der Waals surface area contributed by atoms with Gasteiger partial charge in [-0.2, -0.15) is 0 Å². The summed E-state index contributed by atoms with van der Waals surface area (Å²) in [5, 5.41) is 7.15. The molecule has 1 heterocycles. The minimum atomic E-state index is 0.671. The number of nitrogens with zero attached hydrogens (tertiary/aromatic N) is 1. The number of rotatable bonds is 5. The molecule has 1 aliphatic heterocycles. The lowest BCUT2D eigenvalue weighted by molar-refractivity contribution is 0.730. The second-order valence-electron chi connectivity index (χ2n) is 5.61. The Hall–Kier alpha value is -1.59. The van der Waals surface area contributed by atoms with Gasteiger partial charge in [0.15, 0.2) is 5.11 Å². The summed E-state index contributed by atoms with van der Waals surface area (Å²) < 4.78 is 1.04. The molecule has 0 amide bonds. The van der Waals surface area contributed by atoms with Gasteiger partial charge in [-0.05, 0) is 54.9 Å². The zero-order valence-electron chi connectivity index (χ0n) is 12.9. The van der Waals surface area contributed by atoms with Gasteiger partial charge in [0.25, 0.3) is 0 Å². The van der Waals surface area contributed by atoms with Crippen LogP contribution in [0.4, 0.5) is 11.4 Å². The Morgan fingerprint density at radius 3 is 2.91 bits per heavy atom. The molecular formula is C18H20BrN3S. The molecule has 2 aromatic carbocycles. The first-order valence-corrected chi connectivity index (χ1v) is 9.06. The number of halogens is 1. The fourth-order valence-electron chi connectivity index (χ4n) is 2.85. The molecule has 0 bridgehead atoms. The third-order valence-electron chi connectivity index (χ3n) is 3.96. The van der Waals surface area contributed by atoms with Crippen LogP contribution in [0, 0.1) is 0 Å². The van der Waals surface area contributed by atoms with Gasteiger partial charge in [-0.3, -0.25) is 0 Å². The number of para-hydroxylation sites is 1. The van der Waals surface area contributed by atoms with Gasteiger partial charge < -0.3 is 15.5 Å². The number of hydrogen-bond acceptors (Lipinski definition) is 2. The normalized spacial score (nSPS) is 12.8. The van der Waals surface area contributed by atoms with Crippen LogP contribution in [0.2, 0.25) is 0 Å². The van der Waals surface area contributed by atoms with Crippen molar-refractivity contribution in [3.8, 4) is 0 Å². The summed E-state index contributed by atoms with van der Waals surface area (Å²) in [4.78, 5) is 2.46. The molecule has 0 radical (unpaired) electrons. The standard InChI is InChI=1S/C18H20BrN3S/c19-15-6-3-7-16(13-15)21-18(23)20-10-4-11-22-12-9-14-5-1-2-8-17(14)22/h1-3,5-8,13H,4,9-12H2,(H2,20,21,23). The van der Waals surface area contributed by atoms with Gasteiger partial charge in [0, 0.05) is 35.5 Å². The van der Waals surface area contributed by atoms with Gasteiger partial charge in [0.05, 0.1) is 0 Å². The maximum Gasteiger partial charge on any atom is 0.170 e. The molecule has 2 aromatic rings. The van der Waals surface area contributed by atoms with Crippen LogP contribution in [0.15, 0.2) is 53.0 Å². The molecule has 0 saturated heterocycles. The molecule has 120 valence electrons. The Bertz CT molecular complexity index is 689. The van der Waals surface area contributed by atoms with E-state index in [9.17, 15) is 0 Å². The quantitative estimate of drug-likeness (QED) is 0.592. The molecule has 0 saturated carbocycles. The Kier molecular flexibility index (Phi) is 5.51. The van der Waals surface area contributed by atoms with Gasteiger partial charge in [-0.15, -0.1) is 0 Å². The maximum absolute atomic E-state index is 5.34. The van der Waals surface area contributed by atoms with Gasteiger partial charge in [0.1, 0.15) is 0 Å². The maximum atomic E-state index is 5.34. The van der Waals surface area contributed by atoms with E-state index in [-0.39, 0.29) is 0 Å². The van der Waals surface area contributed by atoms with E-state index in [0.29, 0.717) is 5.11 Å². The number of fused-ring (bicyclic) bond motifs is 1. The molecule has 0 aromatic heterocycles. The van der Waals surface area contributed by atoms with Crippen LogP contribution in [0.5, 0.6) is 0 Å². The molecule has 1 aliphatic rings. The van der Waals surface area contributed by atoms with Crippen LogP contribution in [-0.4, -0.2) is 24.7 Å². The van der Waals surface area contributed by atoms with Crippen molar-refractivity contribution in [3.05, 3.63) is 58.6 Å². The summed E-state index contributed by atoms with van der Waals surface area (Å²) in [6.07, 6.45) is 2.22. The lowest BCUT2D eigenvalue weighted by atomic mass is 10.2. The van der Waals surface area contributed by atoms with Gasteiger partial charge >= 0.3 is 0 Å². The van der Waals surface area contributed by atoms with E-state index in [4.69, 9.17) is 12.2 Å². The van der Waals surface area contributed by atoms with Crippen molar-refractivity contribution in [2.24, 2.45) is 0 Å². The molecule has 3 nitrogen and oxygen atoms in total. The average Bonchev–Trinajstić information content (AvgIpc) is 2.95. The summed E-state index contributed by atoms with van der Waals surface area (Å²) in [5.74, 6) is 0. The van der Waals surface area contributed by atoms with Crippen LogP contribution in [0.1, 0.15) is 12.0 Å². The average molecular weight is 390 g/mol. The Labute approximate surface area is 151 Å². The molecule has 0 aliphatic carbocycles. The van der Waals surface area contributed by atoms with Crippen LogP contribution in [-0.2, 0) is 6.42 Å². The molecule has 3 rings (SSSR count). The second kappa shape index (κ2) is 7.79. The van der Waals surface area contributed by atoms with E-state index >= 15 is 0 Å². The molecule has 0 spiro atoms. The predicted octanol–water partition coefficient (Wildman–Crippen LogP) is 4.19. The molecular weight excluding hydrogens is 370 g/mol. The van der Waals surface area contributed by atoms with Gasteiger partial charge in [-0.1, -0.05) is 40.2 Å². The van der Waals surface area contributed by atoms with Crippen molar-refractivity contribution >= 4 is 44.6 Å². The van der Waals surface area contributed by atoms with E-state index in [1.165, 1.54) is 11.3 Å². The monoisotopic (exact) mass is 389 g/mol. The van der Waals surface area contributed by atoms with E-state index in [1.807, 2.05) is 24.3 Å². The molecule has 0 unspecified atom stereocenters. The molecule has 0 fully saturated rings. The van der Waals surface area contributed by atoms with Crippen LogP contribution in [0.25, 0.3) is 0 Å². The van der Waals surface area contributed by atoms with E-state index < -0.39 is 0 Å². The molecule has 0 atom stereocenters. The number of hydrogen-bond donors (Lipinski definition) is 2. The first kappa shape index (κ1) is 16.3. The zero-order chi connectivity index (χ0) is 16.1. The van der Waals surface area contributed by atoms with Crippen LogP contribution in [0.3, 0.4) is 0 Å². The predicted molar refractivity (Wildman–Crippen MR) is 105 cm³/mol. The first-order chi connectivity index (χ1) is 11.2. The number of anilines is 2. The lowest BCUT2D eigenvalue weighted by Crippen LogP contribution is -2.32. The van der Waals surface area contributed by atoms with Gasteiger partial charge in [0.2, 0.25) is 0 Å². The van der Waals surface area contributed by atoms with Crippen molar-refractivity contribution in [2.75, 3.05) is 29.9 Å². The SMILES string of the molecule is S=C(NCCCN1CCc2ccccc21)Nc1cccc(Br)c1. The first-order valence-electron chi connectivity index (χ1n) is 7.85. The lowest BCUT2D eigenvalue weighted by Gasteiger charge is -2.19. The Morgan fingerprint density at radius 1 is 1.17 bits per heavy atom. The van der Waals surface area contributed by atoms with Crippen molar-refractivity contribution in [3.63, 3.8) is 0 Å².